The average Bonchev–Trinajstić information content (AvgIpc) is 2.91. The molecule has 2 saturated heterocycles. The van der Waals surface area contributed by atoms with Gasteiger partial charge in [0.15, 0.2) is 0 Å². The van der Waals surface area contributed by atoms with Crippen LogP contribution in [0.1, 0.15) is 53.6 Å². The fraction of sp³-hybridized carbons (Fsp3) is 0.533. The van der Waals surface area contributed by atoms with Crippen molar-refractivity contribution >= 4 is 40.7 Å². The van der Waals surface area contributed by atoms with Gasteiger partial charge in [0, 0.05) is 56.5 Å². The van der Waals surface area contributed by atoms with Crippen molar-refractivity contribution in [3.8, 4) is 0 Å². The van der Waals surface area contributed by atoms with E-state index in [-0.39, 0.29) is 24.0 Å². The van der Waals surface area contributed by atoms with Crippen LogP contribution in [0.4, 0.5) is 18.9 Å². The number of alkyl halides is 3. The minimum atomic E-state index is -5.20. The number of amides is 2. The normalized spacial score (nSPS) is 18.8. The van der Waals surface area contributed by atoms with Crippen LogP contribution in [0.2, 0.25) is 10.0 Å². The Kier molecular flexibility index (Phi) is 9.51. The molecule has 1 N–H and O–H groups in total. The number of aryl methyl sites for hydroxylation is 1. The Hall–Kier alpha value is -2.49. The van der Waals surface area contributed by atoms with Gasteiger partial charge in [-0.15, -0.1) is 0 Å². The predicted molar refractivity (Wildman–Crippen MR) is 154 cm³/mol. The number of carbonyl (C=O) groups is 2. The fourth-order valence-corrected chi connectivity index (χ4v) is 6.51. The molecule has 0 radical (unpaired) electrons. The minimum Gasteiger partial charge on any atom is -0.371 e. The molecule has 0 saturated carbocycles. The third kappa shape index (κ3) is 6.78. The third-order valence-electron chi connectivity index (χ3n) is 8.32. The van der Waals surface area contributed by atoms with Crippen molar-refractivity contribution in [1.82, 2.24) is 9.80 Å². The summed E-state index contributed by atoms with van der Waals surface area (Å²) in [6.07, 6.45) is -1.13. The summed E-state index contributed by atoms with van der Waals surface area (Å²) >= 11 is 12.4. The van der Waals surface area contributed by atoms with Gasteiger partial charge in [-0.05, 0) is 86.8 Å². The molecule has 1 atom stereocenters. The van der Waals surface area contributed by atoms with E-state index in [2.05, 4.69) is 4.90 Å². The molecule has 0 spiro atoms. The second-order valence-electron chi connectivity index (χ2n) is 11.5. The molecule has 2 fully saturated rings. The molecule has 2 aromatic carbocycles. The highest BCUT2D eigenvalue weighted by Crippen LogP contribution is 2.42. The van der Waals surface area contributed by atoms with Crippen molar-refractivity contribution in [3.63, 3.8) is 0 Å². The molecular weight excluding hydrogens is 578 g/mol. The van der Waals surface area contributed by atoms with E-state index in [9.17, 15) is 27.9 Å². The van der Waals surface area contributed by atoms with Gasteiger partial charge in [-0.3, -0.25) is 9.59 Å². The van der Waals surface area contributed by atoms with E-state index in [1.807, 2.05) is 12.1 Å². The van der Waals surface area contributed by atoms with Gasteiger partial charge >= 0.3 is 6.18 Å². The van der Waals surface area contributed by atoms with Crippen LogP contribution in [0, 0.1) is 18.8 Å². The Bertz CT molecular complexity index is 1250. The smallest absolute Gasteiger partial charge is 0.371 e. The topological polar surface area (TPSA) is 64.1 Å². The maximum Gasteiger partial charge on any atom is 0.430 e. The van der Waals surface area contributed by atoms with Gasteiger partial charge < -0.3 is 19.8 Å². The molecule has 2 aliphatic heterocycles. The van der Waals surface area contributed by atoms with Crippen LogP contribution in [0.5, 0.6) is 0 Å². The summed E-state index contributed by atoms with van der Waals surface area (Å²) in [5.41, 5.74) is -2.34. The van der Waals surface area contributed by atoms with Gasteiger partial charge in [0.1, 0.15) is 0 Å². The standard InChI is InChI=1S/C30H36Cl2F3N3O3/c1-19-14-22(17-23(31)15-19)29(41,30(33,34)35)28(40)38-12-8-21(9-13-38)16-20-6-10-37(11-7-20)24-4-5-25(26(32)18-24)27(39)36(2)3/h4-5,14-15,17-18,20-21,41H,6-13,16H2,1-3H3/t29-/m1/s1. The SMILES string of the molecule is Cc1cc(Cl)cc([C@@](O)(C(=O)N2CCC(CC3CCN(c4ccc(C(=O)N(C)C)c(Cl)c4)CC3)CC2)C(F)(F)F)c1. The van der Waals surface area contributed by atoms with E-state index in [1.165, 1.54) is 11.0 Å². The summed E-state index contributed by atoms with van der Waals surface area (Å²) in [6.45, 7) is 3.58. The molecule has 11 heteroatoms. The van der Waals surface area contributed by atoms with Gasteiger partial charge in [0.05, 0.1) is 10.6 Å². The maximum atomic E-state index is 14.1. The number of hydrogen-bond acceptors (Lipinski definition) is 4. The highest BCUT2D eigenvalue weighted by Gasteiger charge is 2.62. The Morgan fingerprint density at radius 1 is 0.951 bits per heavy atom. The van der Waals surface area contributed by atoms with Crippen molar-refractivity contribution < 1.29 is 27.9 Å². The first kappa shape index (κ1) is 31.4. The zero-order valence-electron chi connectivity index (χ0n) is 23.5. The summed E-state index contributed by atoms with van der Waals surface area (Å²) in [5.74, 6) is -0.718. The molecule has 0 aliphatic carbocycles. The van der Waals surface area contributed by atoms with Gasteiger partial charge in [0.2, 0.25) is 0 Å². The number of hydrogen-bond donors (Lipinski definition) is 1. The van der Waals surface area contributed by atoms with Gasteiger partial charge in [-0.1, -0.05) is 29.3 Å². The van der Waals surface area contributed by atoms with Crippen LogP contribution in [0.3, 0.4) is 0 Å². The first-order valence-corrected chi connectivity index (χ1v) is 14.6. The second-order valence-corrected chi connectivity index (χ2v) is 12.3. The highest BCUT2D eigenvalue weighted by atomic mass is 35.5. The lowest BCUT2D eigenvalue weighted by Crippen LogP contribution is -2.57. The van der Waals surface area contributed by atoms with E-state index in [0.717, 1.165) is 55.1 Å². The number of benzene rings is 2. The maximum absolute atomic E-state index is 14.1. The summed E-state index contributed by atoms with van der Waals surface area (Å²) < 4.78 is 42.4. The van der Waals surface area contributed by atoms with Crippen molar-refractivity contribution in [2.75, 3.05) is 45.2 Å². The molecule has 2 heterocycles. The lowest BCUT2D eigenvalue weighted by Gasteiger charge is -2.40. The number of aliphatic hydroxyl groups is 1. The molecule has 224 valence electrons. The Morgan fingerprint density at radius 2 is 1.54 bits per heavy atom. The van der Waals surface area contributed by atoms with Crippen LogP contribution >= 0.6 is 23.2 Å². The van der Waals surface area contributed by atoms with E-state index in [0.29, 0.717) is 40.8 Å². The third-order valence-corrected chi connectivity index (χ3v) is 8.85. The highest BCUT2D eigenvalue weighted by molar-refractivity contribution is 6.34. The monoisotopic (exact) mass is 613 g/mol. The molecule has 0 bridgehead atoms. The molecule has 2 aromatic rings. The summed E-state index contributed by atoms with van der Waals surface area (Å²) in [4.78, 5) is 30.3. The van der Waals surface area contributed by atoms with E-state index >= 15 is 0 Å². The van der Waals surface area contributed by atoms with Crippen LogP contribution < -0.4 is 4.90 Å². The molecule has 0 aromatic heterocycles. The summed E-state index contributed by atoms with van der Waals surface area (Å²) in [7, 11) is 3.37. The summed E-state index contributed by atoms with van der Waals surface area (Å²) in [6, 6.07) is 9.14. The molecule has 2 aliphatic rings. The molecule has 0 unspecified atom stereocenters. The minimum absolute atomic E-state index is 0.0276. The fourth-order valence-electron chi connectivity index (χ4n) is 5.97. The Balaban J connectivity index is 1.32. The van der Waals surface area contributed by atoms with Crippen LogP contribution in [-0.2, 0) is 10.4 Å². The Morgan fingerprint density at radius 3 is 2.05 bits per heavy atom. The Labute approximate surface area is 249 Å². The number of anilines is 1. The summed E-state index contributed by atoms with van der Waals surface area (Å²) in [5, 5.41) is 11.3. The van der Waals surface area contributed by atoms with Crippen molar-refractivity contribution in [2.24, 2.45) is 11.8 Å². The van der Waals surface area contributed by atoms with Crippen LogP contribution in [0.25, 0.3) is 0 Å². The molecule has 2 amide bonds. The van der Waals surface area contributed by atoms with E-state index in [1.54, 1.807) is 27.1 Å². The zero-order valence-corrected chi connectivity index (χ0v) is 25.0. The number of likely N-dealkylation sites (tertiary alicyclic amines) is 1. The van der Waals surface area contributed by atoms with Crippen LogP contribution in [0.15, 0.2) is 36.4 Å². The second kappa shape index (κ2) is 12.4. The first-order chi connectivity index (χ1) is 19.2. The number of rotatable bonds is 6. The van der Waals surface area contributed by atoms with Gasteiger partial charge in [0.25, 0.3) is 17.4 Å². The van der Waals surface area contributed by atoms with Crippen molar-refractivity contribution in [2.45, 2.75) is 50.8 Å². The van der Waals surface area contributed by atoms with E-state index < -0.39 is 23.2 Å². The number of carbonyl (C=O) groups excluding carboxylic acids is 2. The van der Waals surface area contributed by atoms with Crippen molar-refractivity contribution in [1.29, 1.82) is 0 Å². The lowest BCUT2D eigenvalue weighted by atomic mass is 9.82. The molecule has 6 nitrogen and oxygen atoms in total. The molecule has 4 rings (SSSR count). The van der Waals surface area contributed by atoms with E-state index in [4.69, 9.17) is 23.2 Å². The number of halogens is 5. The number of piperidine rings is 2. The van der Waals surface area contributed by atoms with Crippen molar-refractivity contribution in [3.05, 3.63) is 63.1 Å². The van der Waals surface area contributed by atoms with Crippen LogP contribution in [-0.4, -0.2) is 73.2 Å². The quantitative estimate of drug-likeness (QED) is 0.415. The predicted octanol–water partition coefficient (Wildman–Crippen LogP) is 6.30. The molecule has 41 heavy (non-hydrogen) atoms. The largest absolute Gasteiger partial charge is 0.430 e. The number of nitrogens with zero attached hydrogens (tertiary/aromatic N) is 3. The molecular formula is C30H36Cl2F3N3O3. The lowest BCUT2D eigenvalue weighted by molar-refractivity contribution is -0.262. The first-order valence-electron chi connectivity index (χ1n) is 13.8. The zero-order chi connectivity index (χ0) is 30.1. The average molecular weight is 615 g/mol. The van der Waals surface area contributed by atoms with Gasteiger partial charge in [-0.2, -0.15) is 13.2 Å². The van der Waals surface area contributed by atoms with Gasteiger partial charge in [-0.25, -0.2) is 0 Å².